The normalized spacial score (nSPS) is 11.4. The van der Waals surface area contributed by atoms with Gasteiger partial charge in [-0.15, -0.1) is 0 Å². The highest BCUT2D eigenvalue weighted by Gasteiger charge is 2.16. The highest BCUT2D eigenvalue weighted by molar-refractivity contribution is 5.93. The second kappa shape index (κ2) is 8.30. The Bertz CT molecular complexity index is 928. The molecule has 1 amide bonds. The zero-order valence-electron chi connectivity index (χ0n) is 16.3. The molecule has 0 spiro atoms. The van der Waals surface area contributed by atoms with Crippen molar-refractivity contribution < 1.29 is 9.53 Å². The van der Waals surface area contributed by atoms with Crippen LogP contribution in [0.1, 0.15) is 43.4 Å². The van der Waals surface area contributed by atoms with Gasteiger partial charge in [-0.1, -0.05) is 0 Å². The van der Waals surface area contributed by atoms with Gasteiger partial charge >= 0.3 is 0 Å². The van der Waals surface area contributed by atoms with Crippen LogP contribution in [-0.4, -0.2) is 49.5 Å². The second-order valence-corrected chi connectivity index (χ2v) is 6.62. The zero-order chi connectivity index (χ0) is 19.4. The van der Waals surface area contributed by atoms with Gasteiger partial charge in [0.05, 0.1) is 18.0 Å². The predicted molar refractivity (Wildman–Crippen MR) is 103 cm³/mol. The van der Waals surface area contributed by atoms with Crippen molar-refractivity contribution in [2.24, 2.45) is 0 Å². The van der Waals surface area contributed by atoms with E-state index in [2.05, 4.69) is 27.4 Å². The van der Waals surface area contributed by atoms with E-state index in [1.165, 1.54) is 0 Å². The van der Waals surface area contributed by atoms with Gasteiger partial charge in [-0.3, -0.25) is 9.48 Å². The molecule has 8 nitrogen and oxygen atoms in total. The number of carbonyl (C=O) groups is 1. The van der Waals surface area contributed by atoms with Gasteiger partial charge in [0.25, 0.3) is 5.91 Å². The molecule has 0 aliphatic heterocycles. The molecule has 0 bridgehead atoms. The zero-order valence-corrected chi connectivity index (χ0v) is 16.3. The minimum atomic E-state index is -0.211. The number of hydrogen-bond donors (Lipinski definition) is 1. The van der Waals surface area contributed by atoms with E-state index in [1.807, 2.05) is 37.7 Å². The van der Waals surface area contributed by atoms with Crippen molar-refractivity contribution in [1.82, 2.24) is 29.7 Å². The first-order chi connectivity index (χ1) is 13.0. The minimum absolute atomic E-state index is 0.198. The Morgan fingerprint density at radius 3 is 2.89 bits per heavy atom. The molecule has 144 valence electrons. The standard InChI is InChI=1S/C19H26N6O2/c1-5-24-14(4)15(12-22-24)17-7-9-20-18-11-16(23-25(17)18)19(26)21-8-6-10-27-13(2)3/h7,9,11-13H,5-6,8,10H2,1-4H3,(H,21,26). The molecule has 1 N–H and O–H groups in total. The highest BCUT2D eigenvalue weighted by Crippen LogP contribution is 2.23. The highest BCUT2D eigenvalue weighted by atomic mass is 16.5. The average Bonchev–Trinajstić information content (AvgIpc) is 3.24. The minimum Gasteiger partial charge on any atom is -0.379 e. The molecule has 8 heteroatoms. The smallest absolute Gasteiger partial charge is 0.271 e. The van der Waals surface area contributed by atoms with Crippen LogP contribution in [0.5, 0.6) is 0 Å². The quantitative estimate of drug-likeness (QED) is 0.616. The Hall–Kier alpha value is -2.74. The number of carbonyl (C=O) groups excluding carboxylic acids is 1. The molecule has 0 aliphatic rings. The Morgan fingerprint density at radius 1 is 1.37 bits per heavy atom. The lowest BCUT2D eigenvalue weighted by molar-refractivity contribution is 0.0756. The van der Waals surface area contributed by atoms with E-state index < -0.39 is 0 Å². The lowest BCUT2D eigenvalue weighted by Gasteiger charge is -2.07. The monoisotopic (exact) mass is 370 g/mol. The molecule has 0 saturated heterocycles. The first kappa shape index (κ1) is 19.0. The topological polar surface area (TPSA) is 86.3 Å². The van der Waals surface area contributed by atoms with Crippen molar-refractivity contribution in [3.63, 3.8) is 0 Å². The van der Waals surface area contributed by atoms with Crippen LogP contribution in [0.3, 0.4) is 0 Å². The van der Waals surface area contributed by atoms with E-state index in [-0.39, 0.29) is 12.0 Å². The van der Waals surface area contributed by atoms with Crippen LogP contribution in [0.15, 0.2) is 24.5 Å². The SMILES string of the molecule is CCn1ncc(-c2ccnc3cc(C(=O)NCCCOC(C)C)nn23)c1C. The number of aryl methyl sites for hydroxylation is 1. The van der Waals surface area contributed by atoms with E-state index in [9.17, 15) is 4.79 Å². The molecule has 3 heterocycles. The summed E-state index contributed by atoms with van der Waals surface area (Å²) in [6.07, 6.45) is 4.50. The summed E-state index contributed by atoms with van der Waals surface area (Å²) in [7, 11) is 0. The summed E-state index contributed by atoms with van der Waals surface area (Å²) < 4.78 is 9.10. The van der Waals surface area contributed by atoms with Gasteiger partial charge < -0.3 is 10.1 Å². The molecule has 3 aromatic heterocycles. The fraction of sp³-hybridized carbons (Fsp3) is 0.474. The molecule has 0 unspecified atom stereocenters. The number of rotatable bonds is 8. The number of nitrogens with one attached hydrogen (secondary N) is 1. The summed E-state index contributed by atoms with van der Waals surface area (Å²) in [5.41, 5.74) is 3.87. The molecule has 0 atom stereocenters. The molecular formula is C19H26N6O2. The van der Waals surface area contributed by atoms with Crippen LogP contribution in [0.25, 0.3) is 16.9 Å². The molecule has 0 radical (unpaired) electrons. The fourth-order valence-electron chi connectivity index (χ4n) is 2.91. The van der Waals surface area contributed by atoms with Crippen LogP contribution >= 0.6 is 0 Å². The van der Waals surface area contributed by atoms with E-state index in [4.69, 9.17) is 4.74 Å². The molecule has 3 rings (SSSR count). The van der Waals surface area contributed by atoms with Crippen molar-refractivity contribution in [2.45, 2.75) is 46.8 Å². The van der Waals surface area contributed by atoms with E-state index in [0.29, 0.717) is 24.5 Å². The summed E-state index contributed by atoms with van der Waals surface area (Å²) in [5.74, 6) is -0.211. The fourth-order valence-corrected chi connectivity index (χ4v) is 2.91. The summed E-state index contributed by atoms with van der Waals surface area (Å²) >= 11 is 0. The van der Waals surface area contributed by atoms with Gasteiger partial charge in [0.1, 0.15) is 0 Å². The van der Waals surface area contributed by atoms with Gasteiger partial charge in [-0.05, 0) is 40.2 Å². The van der Waals surface area contributed by atoms with Crippen LogP contribution in [-0.2, 0) is 11.3 Å². The number of fused-ring (bicyclic) bond motifs is 1. The van der Waals surface area contributed by atoms with Crippen molar-refractivity contribution >= 4 is 11.6 Å². The number of nitrogens with zero attached hydrogens (tertiary/aromatic N) is 5. The lowest BCUT2D eigenvalue weighted by Crippen LogP contribution is -2.26. The summed E-state index contributed by atoms with van der Waals surface area (Å²) in [6.45, 7) is 10.0. The van der Waals surface area contributed by atoms with E-state index in [0.717, 1.165) is 29.9 Å². The van der Waals surface area contributed by atoms with Crippen molar-refractivity contribution in [3.8, 4) is 11.3 Å². The Labute approximate surface area is 158 Å². The molecule has 3 aromatic rings. The van der Waals surface area contributed by atoms with Crippen LogP contribution in [0, 0.1) is 6.92 Å². The van der Waals surface area contributed by atoms with Gasteiger partial charge in [0, 0.05) is 43.2 Å². The van der Waals surface area contributed by atoms with Crippen molar-refractivity contribution in [2.75, 3.05) is 13.2 Å². The van der Waals surface area contributed by atoms with Gasteiger partial charge in [-0.2, -0.15) is 10.2 Å². The molecular weight excluding hydrogens is 344 g/mol. The Kier molecular flexibility index (Phi) is 5.85. The third kappa shape index (κ3) is 4.16. The van der Waals surface area contributed by atoms with Crippen LogP contribution in [0.4, 0.5) is 0 Å². The third-order valence-corrected chi connectivity index (χ3v) is 4.33. The summed E-state index contributed by atoms with van der Waals surface area (Å²) in [5, 5.41) is 11.7. The van der Waals surface area contributed by atoms with E-state index in [1.54, 1.807) is 16.8 Å². The lowest BCUT2D eigenvalue weighted by atomic mass is 10.2. The number of hydrogen-bond acceptors (Lipinski definition) is 5. The second-order valence-electron chi connectivity index (χ2n) is 6.62. The summed E-state index contributed by atoms with van der Waals surface area (Å²) in [6, 6.07) is 3.58. The first-order valence-corrected chi connectivity index (χ1v) is 9.28. The maximum absolute atomic E-state index is 12.4. The summed E-state index contributed by atoms with van der Waals surface area (Å²) in [4.78, 5) is 16.7. The van der Waals surface area contributed by atoms with E-state index >= 15 is 0 Å². The Balaban J connectivity index is 1.77. The van der Waals surface area contributed by atoms with Gasteiger partial charge in [0.2, 0.25) is 0 Å². The molecule has 0 aromatic carbocycles. The largest absolute Gasteiger partial charge is 0.379 e. The molecule has 0 fully saturated rings. The van der Waals surface area contributed by atoms with Crippen molar-refractivity contribution in [1.29, 1.82) is 0 Å². The molecule has 0 saturated carbocycles. The maximum atomic E-state index is 12.4. The van der Waals surface area contributed by atoms with Crippen LogP contribution in [0.2, 0.25) is 0 Å². The van der Waals surface area contributed by atoms with Gasteiger partial charge in [0.15, 0.2) is 11.3 Å². The molecule has 0 aliphatic carbocycles. The van der Waals surface area contributed by atoms with Crippen molar-refractivity contribution in [3.05, 3.63) is 35.9 Å². The number of aromatic nitrogens is 5. The Morgan fingerprint density at radius 2 is 2.19 bits per heavy atom. The first-order valence-electron chi connectivity index (χ1n) is 9.28. The third-order valence-electron chi connectivity index (χ3n) is 4.33. The maximum Gasteiger partial charge on any atom is 0.271 e. The van der Waals surface area contributed by atoms with Gasteiger partial charge in [-0.25, -0.2) is 9.50 Å². The molecule has 27 heavy (non-hydrogen) atoms. The average molecular weight is 370 g/mol. The number of ether oxygens (including phenoxy) is 1. The predicted octanol–water partition coefficient (Wildman–Crippen LogP) is 2.47. The van der Waals surface area contributed by atoms with Crippen LogP contribution < -0.4 is 5.32 Å². The number of amides is 1.